The molecular weight excluding hydrogens is 374 g/mol. The summed E-state index contributed by atoms with van der Waals surface area (Å²) in [7, 11) is 1.61. The molecular formula is C21H21N3O3S. The van der Waals surface area contributed by atoms with Crippen molar-refractivity contribution in [2.75, 3.05) is 33.3 Å². The lowest BCUT2D eigenvalue weighted by molar-refractivity contribution is -0.131. The minimum atomic E-state index is -0.0580. The van der Waals surface area contributed by atoms with Crippen molar-refractivity contribution < 1.29 is 14.3 Å². The summed E-state index contributed by atoms with van der Waals surface area (Å²) in [6.45, 7) is 2.12. The maximum atomic E-state index is 12.9. The predicted molar refractivity (Wildman–Crippen MR) is 109 cm³/mol. The lowest BCUT2D eigenvalue weighted by atomic mass is 10.1. The molecule has 0 saturated carbocycles. The van der Waals surface area contributed by atoms with Crippen LogP contribution in [0.5, 0.6) is 5.75 Å². The number of nitrogens with zero attached hydrogens (tertiary/aromatic N) is 3. The highest BCUT2D eigenvalue weighted by Gasteiger charge is 2.27. The van der Waals surface area contributed by atoms with Gasteiger partial charge in [0.05, 0.1) is 18.2 Å². The maximum Gasteiger partial charge on any atom is 0.274 e. The molecule has 0 unspecified atom stereocenters. The Morgan fingerprint density at radius 1 is 1.04 bits per heavy atom. The molecule has 1 saturated heterocycles. The van der Waals surface area contributed by atoms with Crippen molar-refractivity contribution in [3.8, 4) is 5.75 Å². The normalized spacial score (nSPS) is 14.3. The molecule has 2 aromatic carbocycles. The van der Waals surface area contributed by atoms with Crippen molar-refractivity contribution in [2.24, 2.45) is 0 Å². The SMILES string of the molecule is COc1cccc(CC(=O)N2CCN(C(=O)c3nsc4ccccc34)CC2)c1. The van der Waals surface area contributed by atoms with Crippen LogP contribution in [-0.4, -0.2) is 59.3 Å². The van der Waals surface area contributed by atoms with Gasteiger partial charge in [-0.2, -0.15) is 4.37 Å². The zero-order valence-electron chi connectivity index (χ0n) is 15.6. The summed E-state index contributed by atoms with van der Waals surface area (Å²) >= 11 is 1.34. The molecule has 4 rings (SSSR count). The first kappa shape index (κ1) is 18.4. The van der Waals surface area contributed by atoms with Crippen LogP contribution < -0.4 is 4.74 Å². The van der Waals surface area contributed by atoms with E-state index < -0.39 is 0 Å². The fraction of sp³-hybridized carbons (Fsp3) is 0.286. The lowest BCUT2D eigenvalue weighted by Crippen LogP contribution is -2.51. The van der Waals surface area contributed by atoms with Crippen molar-refractivity contribution in [3.05, 3.63) is 59.8 Å². The molecule has 2 heterocycles. The molecule has 28 heavy (non-hydrogen) atoms. The maximum absolute atomic E-state index is 12.9. The second kappa shape index (κ2) is 7.98. The minimum absolute atomic E-state index is 0.0580. The van der Waals surface area contributed by atoms with Crippen LogP contribution in [0.2, 0.25) is 0 Å². The van der Waals surface area contributed by atoms with Crippen molar-refractivity contribution in [1.29, 1.82) is 0 Å². The van der Waals surface area contributed by atoms with Crippen LogP contribution in [0.4, 0.5) is 0 Å². The van der Waals surface area contributed by atoms with Gasteiger partial charge in [0.25, 0.3) is 5.91 Å². The van der Waals surface area contributed by atoms with Gasteiger partial charge in [0.1, 0.15) is 11.4 Å². The molecule has 0 atom stereocenters. The molecule has 7 heteroatoms. The largest absolute Gasteiger partial charge is 0.497 e. The van der Waals surface area contributed by atoms with Gasteiger partial charge in [0.15, 0.2) is 0 Å². The molecule has 1 aliphatic heterocycles. The first-order chi connectivity index (χ1) is 13.7. The standard InChI is InChI=1S/C21H21N3O3S/c1-27-16-6-4-5-15(13-16)14-19(25)23-9-11-24(12-10-23)21(26)20-17-7-2-3-8-18(17)28-22-20/h2-8,13H,9-12,14H2,1H3. The summed E-state index contributed by atoms with van der Waals surface area (Å²) < 4.78 is 10.6. The number of ether oxygens (including phenoxy) is 1. The monoisotopic (exact) mass is 395 g/mol. The zero-order valence-corrected chi connectivity index (χ0v) is 16.4. The third kappa shape index (κ3) is 3.71. The summed E-state index contributed by atoms with van der Waals surface area (Å²) in [6, 6.07) is 15.3. The Morgan fingerprint density at radius 2 is 1.79 bits per heavy atom. The lowest BCUT2D eigenvalue weighted by Gasteiger charge is -2.34. The van der Waals surface area contributed by atoms with Crippen LogP contribution >= 0.6 is 11.5 Å². The predicted octanol–water partition coefficient (Wildman–Crippen LogP) is 2.83. The van der Waals surface area contributed by atoms with Gasteiger partial charge in [-0.15, -0.1) is 0 Å². The first-order valence-electron chi connectivity index (χ1n) is 9.20. The van der Waals surface area contributed by atoms with Crippen molar-refractivity contribution in [2.45, 2.75) is 6.42 Å². The number of fused-ring (bicyclic) bond motifs is 1. The van der Waals surface area contributed by atoms with Crippen LogP contribution in [-0.2, 0) is 11.2 Å². The summed E-state index contributed by atoms with van der Waals surface area (Å²) in [5.74, 6) is 0.757. The van der Waals surface area contributed by atoms with Gasteiger partial charge >= 0.3 is 0 Å². The van der Waals surface area contributed by atoms with Crippen molar-refractivity contribution in [1.82, 2.24) is 14.2 Å². The number of carbonyl (C=O) groups is 2. The van der Waals surface area contributed by atoms with Gasteiger partial charge in [-0.05, 0) is 35.3 Å². The number of aromatic nitrogens is 1. The molecule has 3 aromatic rings. The fourth-order valence-corrected chi connectivity index (χ4v) is 4.19. The Kier molecular flexibility index (Phi) is 5.25. The van der Waals surface area contributed by atoms with Crippen molar-refractivity contribution >= 4 is 33.4 Å². The number of rotatable bonds is 4. The number of carbonyl (C=O) groups excluding carboxylic acids is 2. The number of benzene rings is 2. The van der Waals surface area contributed by atoms with E-state index in [1.165, 1.54) is 11.5 Å². The summed E-state index contributed by atoms with van der Waals surface area (Å²) in [6.07, 6.45) is 0.335. The molecule has 2 amide bonds. The number of methoxy groups -OCH3 is 1. The minimum Gasteiger partial charge on any atom is -0.497 e. The molecule has 1 aromatic heterocycles. The van der Waals surface area contributed by atoms with Gasteiger partial charge in [0.2, 0.25) is 5.91 Å². The number of amides is 2. The number of piperazine rings is 1. The van der Waals surface area contributed by atoms with Crippen LogP contribution in [0.3, 0.4) is 0 Å². The molecule has 0 radical (unpaired) electrons. The Bertz CT molecular complexity index is 1010. The van der Waals surface area contributed by atoms with Crippen LogP contribution in [0.1, 0.15) is 16.1 Å². The van der Waals surface area contributed by atoms with E-state index in [1.807, 2.05) is 53.4 Å². The molecule has 0 spiro atoms. The second-order valence-corrected chi connectivity index (χ2v) is 7.53. The van der Waals surface area contributed by atoms with E-state index in [0.717, 1.165) is 21.4 Å². The molecule has 0 N–H and O–H groups in total. The average molecular weight is 395 g/mol. The smallest absolute Gasteiger partial charge is 0.274 e. The quantitative estimate of drug-likeness (QED) is 0.682. The van der Waals surface area contributed by atoms with E-state index in [0.29, 0.717) is 38.3 Å². The highest BCUT2D eigenvalue weighted by molar-refractivity contribution is 7.13. The fourth-order valence-electron chi connectivity index (χ4n) is 3.42. The van der Waals surface area contributed by atoms with Gasteiger partial charge in [-0.25, -0.2) is 0 Å². The Hall–Kier alpha value is -2.93. The molecule has 6 nitrogen and oxygen atoms in total. The Morgan fingerprint density at radius 3 is 2.57 bits per heavy atom. The van der Waals surface area contributed by atoms with Gasteiger partial charge < -0.3 is 14.5 Å². The third-order valence-electron chi connectivity index (χ3n) is 4.99. The summed E-state index contributed by atoms with van der Waals surface area (Å²) in [4.78, 5) is 29.1. The molecule has 0 aliphatic carbocycles. The summed E-state index contributed by atoms with van der Waals surface area (Å²) in [5.41, 5.74) is 1.44. The number of hydrogen-bond donors (Lipinski definition) is 0. The summed E-state index contributed by atoms with van der Waals surface area (Å²) in [5, 5.41) is 0.897. The van der Waals surface area contributed by atoms with Crippen LogP contribution in [0.15, 0.2) is 48.5 Å². The van der Waals surface area contributed by atoms with E-state index in [4.69, 9.17) is 4.74 Å². The van der Waals surface area contributed by atoms with E-state index in [2.05, 4.69) is 4.37 Å². The van der Waals surface area contributed by atoms with Crippen LogP contribution in [0.25, 0.3) is 10.1 Å². The van der Waals surface area contributed by atoms with E-state index >= 15 is 0 Å². The highest BCUT2D eigenvalue weighted by atomic mass is 32.1. The van der Waals surface area contributed by atoms with E-state index in [-0.39, 0.29) is 11.8 Å². The number of hydrogen-bond acceptors (Lipinski definition) is 5. The molecule has 0 bridgehead atoms. The van der Waals surface area contributed by atoms with Crippen molar-refractivity contribution in [3.63, 3.8) is 0 Å². The Balaban J connectivity index is 1.37. The van der Waals surface area contributed by atoms with Crippen LogP contribution in [0, 0.1) is 0 Å². The van der Waals surface area contributed by atoms with Gasteiger partial charge in [-0.3, -0.25) is 9.59 Å². The molecule has 1 fully saturated rings. The Labute approximate surface area is 167 Å². The first-order valence-corrected chi connectivity index (χ1v) is 9.97. The second-order valence-electron chi connectivity index (χ2n) is 6.73. The topological polar surface area (TPSA) is 62.7 Å². The van der Waals surface area contributed by atoms with E-state index in [1.54, 1.807) is 12.0 Å². The van der Waals surface area contributed by atoms with Gasteiger partial charge in [-0.1, -0.05) is 30.3 Å². The molecule has 144 valence electrons. The zero-order chi connectivity index (χ0) is 19.5. The molecule has 1 aliphatic rings. The third-order valence-corrected chi connectivity index (χ3v) is 5.82. The van der Waals surface area contributed by atoms with Gasteiger partial charge in [0, 0.05) is 31.6 Å². The average Bonchev–Trinajstić information content (AvgIpc) is 3.17. The highest BCUT2D eigenvalue weighted by Crippen LogP contribution is 2.24. The van der Waals surface area contributed by atoms with E-state index in [9.17, 15) is 9.59 Å².